The molecule has 5 rings (SSSR count). The van der Waals surface area contributed by atoms with Gasteiger partial charge in [0.05, 0.1) is 6.61 Å². The highest BCUT2D eigenvalue weighted by Crippen LogP contribution is 2.46. The van der Waals surface area contributed by atoms with Gasteiger partial charge in [0.1, 0.15) is 11.5 Å². The van der Waals surface area contributed by atoms with Crippen LogP contribution in [0, 0.1) is 0 Å². The Kier molecular flexibility index (Phi) is 7.25. The third kappa shape index (κ3) is 5.33. The zero-order valence-electron chi connectivity index (χ0n) is 18.8. The van der Waals surface area contributed by atoms with Gasteiger partial charge in [-0.25, -0.2) is 0 Å². The van der Waals surface area contributed by atoms with Crippen LogP contribution >= 0.6 is 23.4 Å². The lowest BCUT2D eigenvalue weighted by atomic mass is 10.0. The molecular formula is C27H27NO4S2. The molecule has 2 N–H and O–H groups in total. The smallest absolute Gasteiger partial charge is 0.176 e. The second kappa shape index (κ2) is 10.7. The highest BCUT2D eigenvalue weighted by atomic mass is 32.2. The quantitative estimate of drug-likeness (QED) is 0.199. The summed E-state index contributed by atoms with van der Waals surface area (Å²) in [6.07, 6.45) is 3.84. The van der Waals surface area contributed by atoms with E-state index in [1.807, 2.05) is 41.8 Å². The first-order valence-corrected chi connectivity index (χ1v) is 13.1. The second-order valence-electron chi connectivity index (χ2n) is 8.37. The molecule has 0 aliphatic carbocycles. The Labute approximate surface area is 207 Å². The van der Waals surface area contributed by atoms with Crippen LogP contribution in [0.25, 0.3) is 21.2 Å². The highest BCUT2D eigenvalue weighted by molar-refractivity contribution is 7.94. The maximum Gasteiger partial charge on any atom is 0.176 e. The van der Waals surface area contributed by atoms with Gasteiger partial charge in [0.15, 0.2) is 11.5 Å². The van der Waals surface area contributed by atoms with Gasteiger partial charge in [-0.3, -0.25) is 0 Å². The number of likely N-dealkylation sites (tertiary alicyclic amines) is 1. The van der Waals surface area contributed by atoms with E-state index in [0.29, 0.717) is 18.1 Å². The van der Waals surface area contributed by atoms with Gasteiger partial charge in [-0.1, -0.05) is 30.7 Å². The fourth-order valence-electron chi connectivity index (χ4n) is 4.20. The Hall–Kier alpha value is -2.71. The van der Waals surface area contributed by atoms with Gasteiger partial charge < -0.3 is 24.0 Å². The number of rotatable bonds is 8. The molecule has 0 amide bonds. The molecule has 0 saturated carbocycles. The minimum atomic E-state index is 0.0444. The molecule has 7 heteroatoms. The number of fused-ring (bicyclic) bond motifs is 1. The van der Waals surface area contributed by atoms with Crippen LogP contribution in [0.4, 0.5) is 0 Å². The highest BCUT2D eigenvalue weighted by Gasteiger charge is 2.18. The van der Waals surface area contributed by atoms with Crippen molar-refractivity contribution in [1.82, 2.24) is 4.90 Å². The Morgan fingerprint density at radius 2 is 1.74 bits per heavy atom. The number of thiophene rings is 1. The molecule has 2 heterocycles. The van der Waals surface area contributed by atoms with Crippen molar-refractivity contribution < 1.29 is 19.1 Å². The monoisotopic (exact) mass is 493 g/mol. The number of piperidine rings is 1. The molecule has 3 aromatic carbocycles. The Morgan fingerprint density at radius 3 is 2.56 bits per heavy atom. The van der Waals surface area contributed by atoms with Crippen LogP contribution in [0.1, 0.15) is 19.3 Å². The SMILES string of the molecule is Oc1ccc(-c2cc(SOCCN3CCCCC3)cc(O)c2Oc2csc3ccccc23)cc1. The zero-order chi connectivity index (χ0) is 23.3. The van der Waals surface area contributed by atoms with Gasteiger partial charge in [-0.15, -0.1) is 11.3 Å². The average molecular weight is 494 g/mol. The van der Waals surface area contributed by atoms with Crippen molar-refractivity contribution in [1.29, 1.82) is 0 Å². The number of phenols is 2. The predicted octanol–water partition coefficient (Wildman–Crippen LogP) is 7.28. The number of hydrogen-bond donors (Lipinski definition) is 2. The van der Waals surface area contributed by atoms with E-state index in [1.165, 1.54) is 31.3 Å². The van der Waals surface area contributed by atoms with Crippen LogP contribution in [0.3, 0.4) is 0 Å². The summed E-state index contributed by atoms with van der Waals surface area (Å²) in [7, 11) is 0. The minimum absolute atomic E-state index is 0.0444. The van der Waals surface area contributed by atoms with E-state index in [1.54, 1.807) is 29.5 Å². The first-order chi connectivity index (χ1) is 16.7. The Morgan fingerprint density at radius 1 is 0.941 bits per heavy atom. The van der Waals surface area contributed by atoms with E-state index in [4.69, 9.17) is 8.92 Å². The van der Waals surface area contributed by atoms with Gasteiger partial charge in [0, 0.05) is 44.5 Å². The van der Waals surface area contributed by atoms with E-state index in [9.17, 15) is 10.2 Å². The van der Waals surface area contributed by atoms with Crippen LogP contribution in [0.5, 0.6) is 23.0 Å². The number of ether oxygens (including phenoxy) is 1. The van der Waals surface area contributed by atoms with E-state index in [-0.39, 0.29) is 11.5 Å². The van der Waals surface area contributed by atoms with Crippen LogP contribution < -0.4 is 4.74 Å². The third-order valence-corrected chi connectivity index (χ3v) is 7.63. The first kappa shape index (κ1) is 23.1. The van der Waals surface area contributed by atoms with E-state index in [0.717, 1.165) is 45.7 Å². The maximum absolute atomic E-state index is 11.0. The fraction of sp³-hybridized carbons (Fsp3) is 0.259. The van der Waals surface area contributed by atoms with Crippen LogP contribution in [-0.2, 0) is 4.18 Å². The summed E-state index contributed by atoms with van der Waals surface area (Å²) in [6, 6.07) is 18.6. The average Bonchev–Trinajstić information content (AvgIpc) is 3.27. The molecule has 0 atom stereocenters. The maximum atomic E-state index is 11.0. The summed E-state index contributed by atoms with van der Waals surface area (Å²) < 4.78 is 13.3. The minimum Gasteiger partial charge on any atom is -0.508 e. The predicted molar refractivity (Wildman–Crippen MR) is 139 cm³/mol. The largest absolute Gasteiger partial charge is 0.508 e. The van der Waals surface area contributed by atoms with Crippen LogP contribution in [-0.4, -0.2) is 41.4 Å². The number of nitrogens with zero attached hydrogens (tertiary/aromatic N) is 1. The first-order valence-electron chi connectivity index (χ1n) is 11.5. The summed E-state index contributed by atoms with van der Waals surface area (Å²) in [5, 5.41) is 23.7. The van der Waals surface area contributed by atoms with Gasteiger partial charge in [0.25, 0.3) is 0 Å². The van der Waals surface area contributed by atoms with E-state index in [2.05, 4.69) is 11.0 Å². The molecule has 1 aliphatic rings. The van der Waals surface area contributed by atoms with Crippen molar-refractivity contribution in [3.8, 4) is 34.1 Å². The normalized spacial score (nSPS) is 14.5. The zero-order valence-corrected chi connectivity index (χ0v) is 20.4. The molecule has 1 aliphatic heterocycles. The van der Waals surface area contributed by atoms with Crippen molar-refractivity contribution in [3.63, 3.8) is 0 Å². The molecule has 0 spiro atoms. The number of hydrogen-bond acceptors (Lipinski definition) is 7. The topological polar surface area (TPSA) is 62.2 Å². The number of phenolic OH excluding ortho intramolecular Hbond substituents is 2. The molecular weight excluding hydrogens is 466 g/mol. The molecule has 176 valence electrons. The molecule has 4 aromatic rings. The Balaban J connectivity index is 1.39. The summed E-state index contributed by atoms with van der Waals surface area (Å²) in [5.41, 5.74) is 1.57. The van der Waals surface area contributed by atoms with Gasteiger partial charge >= 0.3 is 0 Å². The molecule has 1 aromatic heterocycles. The van der Waals surface area contributed by atoms with Crippen LogP contribution in [0.2, 0.25) is 0 Å². The summed E-state index contributed by atoms with van der Waals surface area (Å²) in [4.78, 5) is 3.23. The molecule has 1 fully saturated rings. The lowest BCUT2D eigenvalue weighted by Crippen LogP contribution is -2.32. The molecule has 5 nitrogen and oxygen atoms in total. The third-order valence-electron chi connectivity index (χ3n) is 5.97. The molecule has 0 radical (unpaired) electrons. The molecule has 0 bridgehead atoms. The molecule has 34 heavy (non-hydrogen) atoms. The Bertz CT molecular complexity index is 1250. The lowest BCUT2D eigenvalue weighted by molar-refractivity contribution is 0.194. The van der Waals surface area contributed by atoms with Gasteiger partial charge in [0.2, 0.25) is 0 Å². The van der Waals surface area contributed by atoms with Crippen molar-refractivity contribution in [3.05, 3.63) is 66.0 Å². The lowest BCUT2D eigenvalue weighted by Gasteiger charge is -2.25. The van der Waals surface area contributed by atoms with Gasteiger partial charge in [-0.2, -0.15) is 0 Å². The van der Waals surface area contributed by atoms with Gasteiger partial charge in [-0.05, 0) is 67.9 Å². The molecule has 0 unspecified atom stereocenters. The van der Waals surface area contributed by atoms with E-state index < -0.39 is 0 Å². The molecule has 1 saturated heterocycles. The fourth-order valence-corrected chi connectivity index (χ4v) is 5.68. The van der Waals surface area contributed by atoms with Crippen LogP contribution in [0.15, 0.2) is 70.9 Å². The van der Waals surface area contributed by atoms with Crippen molar-refractivity contribution in [2.24, 2.45) is 0 Å². The number of aromatic hydroxyl groups is 2. The summed E-state index contributed by atoms with van der Waals surface area (Å²) in [6.45, 7) is 3.82. The van der Waals surface area contributed by atoms with Crippen molar-refractivity contribution in [2.45, 2.75) is 24.2 Å². The van der Waals surface area contributed by atoms with Crippen molar-refractivity contribution >= 4 is 33.5 Å². The summed E-state index contributed by atoms with van der Waals surface area (Å²) in [5.74, 6) is 1.31. The number of benzene rings is 3. The summed E-state index contributed by atoms with van der Waals surface area (Å²) >= 11 is 2.87. The standard InChI is InChI=1S/C27H27NO4S2/c29-20-10-8-19(9-11-20)23-16-21(34-31-15-14-28-12-4-1-5-13-28)17-24(30)27(23)32-25-18-33-26-7-3-2-6-22(25)26/h2-3,6-11,16-18,29-30H,1,4-5,12-15H2. The van der Waals surface area contributed by atoms with E-state index >= 15 is 0 Å². The second-order valence-corrected chi connectivity index (χ2v) is 10.2. The van der Waals surface area contributed by atoms with Crippen molar-refractivity contribution in [2.75, 3.05) is 26.2 Å².